The Bertz CT molecular complexity index is 269. The summed E-state index contributed by atoms with van der Waals surface area (Å²) < 4.78 is 5.12. The van der Waals surface area contributed by atoms with Crippen molar-refractivity contribution < 1.29 is 4.74 Å². The van der Waals surface area contributed by atoms with Crippen molar-refractivity contribution >= 4 is 11.6 Å². The van der Waals surface area contributed by atoms with E-state index < -0.39 is 0 Å². The highest BCUT2D eigenvalue weighted by Gasteiger charge is 2.04. The molecule has 0 aromatic heterocycles. The number of hydrogen-bond donors (Lipinski definition) is 0. The third-order valence-electron chi connectivity index (χ3n) is 1.83. The van der Waals surface area contributed by atoms with Crippen molar-refractivity contribution in [3.8, 4) is 5.75 Å². The third-order valence-corrected chi connectivity index (χ3v) is 2.13. The highest BCUT2D eigenvalue weighted by Crippen LogP contribution is 2.29. The molecule has 0 aliphatic carbocycles. The highest BCUT2D eigenvalue weighted by molar-refractivity contribution is 6.32. The number of halogens is 1. The summed E-state index contributed by atoms with van der Waals surface area (Å²) in [6.07, 6.45) is 0. The molecule has 0 radical (unpaired) electrons. The van der Waals surface area contributed by atoms with Crippen molar-refractivity contribution in [1.29, 1.82) is 0 Å². The van der Waals surface area contributed by atoms with Gasteiger partial charge >= 0.3 is 0 Å². The van der Waals surface area contributed by atoms with Gasteiger partial charge in [-0.2, -0.15) is 0 Å². The molecule has 0 fully saturated rings. The Kier molecular flexibility index (Phi) is 2.40. The molecule has 60 valence electrons. The first kappa shape index (κ1) is 8.41. The molecule has 0 saturated heterocycles. The summed E-state index contributed by atoms with van der Waals surface area (Å²) in [7, 11) is 1.63. The fraction of sp³-hybridized carbons (Fsp3) is 0.333. The Hall–Kier alpha value is -0.690. The molecule has 0 N–H and O–H groups in total. The number of hydrogen-bond acceptors (Lipinski definition) is 1. The van der Waals surface area contributed by atoms with E-state index in [0.717, 1.165) is 11.3 Å². The van der Waals surface area contributed by atoms with Crippen LogP contribution in [-0.4, -0.2) is 7.11 Å². The van der Waals surface area contributed by atoms with Crippen LogP contribution in [0.15, 0.2) is 12.1 Å². The second-order valence-corrected chi connectivity index (χ2v) is 2.93. The van der Waals surface area contributed by atoms with Crippen molar-refractivity contribution in [2.45, 2.75) is 13.8 Å². The molecule has 0 saturated carbocycles. The van der Waals surface area contributed by atoms with E-state index in [9.17, 15) is 0 Å². The van der Waals surface area contributed by atoms with Crippen molar-refractivity contribution in [1.82, 2.24) is 0 Å². The molecule has 0 atom stereocenters. The van der Waals surface area contributed by atoms with Crippen LogP contribution in [0.3, 0.4) is 0 Å². The van der Waals surface area contributed by atoms with Gasteiger partial charge in [-0.1, -0.05) is 17.7 Å². The van der Waals surface area contributed by atoms with E-state index in [1.165, 1.54) is 5.56 Å². The van der Waals surface area contributed by atoms with Gasteiger partial charge in [0.25, 0.3) is 0 Å². The van der Waals surface area contributed by atoms with Crippen LogP contribution in [0.1, 0.15) is 11.1 Å². The van der Waals surface area contributed by atoms with Crippen LogP contribution < -0.4 is 4.74 Å². The monoisotopic (exact) mass is 170 g/mol. The second kappa shape index (κ2) is 3.14. The van der Waals surface area contributed by atoms with Gasteiger partial charge < -0.3 is 4.74 Å². The van der Waals surface area contributed by atoms with Gasteiger partial charge in [-0.3, -0.25) is 0 Å². The van der Waals surface area contributed by atoms with Gasteiger partial charge in [0.2, 0.25) is 0 Å². The first-order valence-electron chi connectivity index (χ1n) is 3.46. The molecule has 1 rings (SSSR count). The number of aryl methyl sites for hydroxylation is 1. The van der Waals surface area contributed by atoms with Gasteiger partial charge in [0.05, 0.1) is 12.1 Å². The van der Waals surface area contributed by atoms with E-state index >= 15 is 0 Å². The Labute approximate surface area is 71.9 Å². The van der Waals surface area contributed by atoms with Gasteiger partial charge in [0.1, 0.15) is 5.75 Å². The molecule has 0 aliphatic rings. The summed E-state index contributed by atoms with van der Waals surface area (Å²) in [5.41, 5.74) is 2.31. The van der Waals surface area contributed by atoms with E-state index in [1.54, 1.807) is 7.11 Å². The lowest BCUT2D eigenvalue weighted by atomic mass is 10.1. The molecule has 1 aromatic carbocycles. The SMILES string of the molecule is COc1c(Cl)ccc(C)c1C. The lowest BCUT2D eigenvalue weighted by molar-refractivity contribution is 0.411. The zero-order chi connectivity index (χ0) is 8.43. The van der Waals surface area contributed by atoms with Crippen LogP contribution >= 0.6 is 11.6 Å². The van der Waals surface area contributed by atoms with E-state index in [4.69, 9.17) is 16.3 Å². The summed E-state index contributed by atoms with van der Waals surface area (Å²) in [5.74, 6) is 0.784. The molecule has 1 nitrogen and oxygen atoms in total. The molecule has 0 bridgehead atoms. The lowest BCUT2D eigenvalue weighted by Gasteiger charge is -2.08. The van der Waals surface area contributed by atoms with Crippen molar-refractivity contribution in [2.24, 2.45) is 0 Å². The Morgan fingerprint density at radius 1 is 1.27 bits per heavy atom. The van der Waals surface area contributed by atoms with Gasteiger partial charge in [0.15, 0.2) is 0 Å². The Balaban J connectivity index is 3.29. The number of methoxy groups -OCH3 is 1. The molecule has 0 aliphatic heterocycles. The Morgan fingerprint density at radius 3 is 2.36 bits per heavy atom. The summed E-state index contributed by atoms with van der Waals surface area (Å²) in [6.45, 7) is 4.04. The predicted octanol–water partition coefficient (Wildman–Crippen LogP) is 2.97. The largest absolute Gasteiger partial charge is 0.495 e. The molecule has 0 unspecified atom stereocenters. The van der Waals surface area contributed by atoms with Crippen LogP contribution in [0.5, 0.6) is 5.75 Å². The van der Waals surface area contributed by atoms with Crippen LogP contribution in [0.4, 0.5) is 0 Å². The maximum absolute atomic E-state index is 5.88. The number of benzene rings is 1. The topological polar surface area (TPSA) is 9.23 Å². The van der Waals surface area contributed by atoms with Gasteiger partial charge in [-0.25, -0.2) is 0 Å². The zero-order valence-corrected chi connectivity index (χ0v) is 7.70. The molecule has 2 heteroatoms. The van der Waals surface area contributed by atoms with Crippen molar-refractivity contribution in [3.05, 3.63) is 28.3 Å². The minimum Gasteiger partial charge on any atom is -0.495 e. The predicted molar refractivity (Wildman–Crippen MR) is 47.5 cm³/mol. The Morgan fingerprint density at radius 2 is 1.91 bits per heavy atom. The fourth-order valence-electron chi connectivity index (χ4n) is 1.01. The van der Waals surface area contributed by atoms with Crippen LogP contribution in [0.25, 0.3) is 0 Å². The maximum atomic E-state index is 5.88. The summed E-state index contributed by atoms with van der Waals surface area (Å²) >= 11 is 5.88. The highest BCUT2D eigenvalue weighted by atomic mass is 35.5. The molecule has 11 heavy (non-hydrogen) atoms. The molecule has 0 spiro atoms. The normalized spacial score (nSPS) is 9.82. The zero-order valence-electron chi connectivity index (χ0n) is 6.94. The second-order valence-electron chi connectivity index (χ2n) is 2.52. The van der Waals surface area contributed by atoms with E-state index in [2.05, 4.69) is 0 Å². The van der Waals surface area contributed by atoms with E-state index in [-0.39, 0.29) is 0 Å². The fourth-order valence-corrected chi connectivity index (χ4v) is 1.29. The van der Waals surface area contributed by atoms with Crippen LogP contribution in [0.2, 0.25) is 5.02 Å². The smallest absolute Gasteiger partial charge is 0.140 e. The quantitative estimate of drug-likeness (QED) is 0.630. The molecule has 1 aromatic rings. The standard InChI is InChI=1S/C9H11ClO/c1-6-4-5-8(10)9(11-3)7(6)2/h4-5H,1-3H3. The van der Waals surface area contributed by atoms with Gasteiger partial charge in [-0.05, 0) is 31.0 Å². The van der Waals surface area contributed by atoms with Crippen LogP contribution in [0, 0.1) is 13.8 Å². The lowest BCUT2D eigenvalue weighted by Crippen LogP contribution is -1.90. The molecular weight excluding hydrogens is 160 g/mol. The first-order chi connectivity index (χ1) is 5.16. The maximum Gasteiger partial charge on any atom is 0.140 e. The summed E-state index contributed by atoms with van der Waals surface area (Å²) in [6, 6.07) is 3.84. The third kappa shape index (κ3) is 1.48. The number of rotatable bonds is 1. The summed E-state index contributed by atoms with van der Waals surface area (Å²) in [4.78, 5) is 0. The van der Waals surface area contributed by atoms with Gasteiger partial charge in [0, 0.05) is 0 Å². The first-order valence-corrected chi connectivity index (χ1v) is 3.84. The summed E-state index contributed by atoms with van der Waals surface area (Å²) in [5, 5.41) is 0.676. The molecule has 0 amide bonds. The van der Waals surface area contributed by atoms with Crippen molar-refractivity contribution in [3.63, 3.8) is 0 Å². The minimum atomic E-state index is 0.676. The van der Waals surface area contributed by atoms with E-state index in [0.29, 0.717) is 5.02 Å². The average molecular weight is 171 g/mol. The van der Waals surface area contributed by atoms with Crippen molar-refractivity contribution in [2.75, 3.05) is 7.11 Å². The van der Waals surface area contributed by atoms with Crippen LogP contribution in [-0.2, 0) is 0 Å². The van der Waals surface area contributed by atoms with E-state index in [1.807, 2.05) is 26.0 Å². The average Bonchev–Trinajstić information content (AvgIpc) is 1.99. The van der Waals surface area contributed by atoms with Gasteiger partial charge in [-0.15, -0.1) is 0 Å². The minimum absolute atomic E-state index is 0.676. The molecular formula is C9H11ClO. The number of ether oxygens (including phenoxy) is 1. The molecule has 0 heterocycles.